The van der Waals surface area contributed by atoms with Crippen molar-refractivity contribution < 1.29 is 9.50 Å². The van der Waals surface area contributed by atoms with Crippen molar-refractivity contribution in [2.75, 3.05) is 0 Å². The number of halogens is 1. The minimum Gasteiger partial charge on any atom is -0.505 e. The summed E-state index contributed by atoms with van der Waals surface area (Å²) in [4.78, 5) is 0. The van der Waals surface area contributed by atoms with Gasteiger partial charge in [-0.25, -0.2) is 4.39 Å². The highest BCUT2D eigenvalue weighted by Gasteiger charge is 2.25. The van der Waals surface area contributed by atoms with Crippen molar-refractivity contribution in [3.8, 4) is 0 Å². The number of rotatable bonds is 1. The van der Waals surface area contributed by atoms with Gasteiger partial charge < -0.3 is 5.11 Å². The molecule has 2 rings (SSSR count). The lowest BCUT2D eigenvalue weighted by Crippen LogP contribution is -2.15. The Morgan fingerprint density at radius 1 is 1.31 bits per heavy atom. The average Bonchev–Trinajstić information content (AvgIpc) is 2.28. The van der Waals surface area contributed by atoms with Gasteiger partial charge in [0, 0.05) is 5.92 Å². The van der Waals surface area contributed by atoms with Crippen molar-refractivity contribution in [1.82, 2.24) is 0 Å². The van der Waals surface area contributed by atoms with E-state index < -0.39 is 5.83 Å². The summed E-state index contributed by atoms with van der Waals surface area (Å²) < 4.78 is 13.6. The van der Waals surface area contributed by atoms with Crippen LogP contribution in [0.25, 0.3) is 0 Å². The van der Waals surface area contributed by atoms with Crippen molar-refractivity contribution in [1.29, 1.82) is 0 Å². The zero-order valence-electron chi connectivity index (χ0n) is 9.96. The third-order valence-electron chi connectivity index (χ3n) is 3.80. The normalized spacial score (nSPS) is 31.2. The van der Waals surface area contributed by atoms with Crippen LogP contribution in [0.1, 0.15) is 39.5 Å². The topological polar surface area (TPSA) is 20.2 Å². The first-order valence-electron chi connectivity index (χ1n) is 6.04. The third-order valence-corrected chi connectivity index (χ3v) is 3.80. The van der Waals surface area contributed by atoms with Gasteiger partial charge in [0.05, 0.1) is 0 Å². The lowest BCUT2D eigenvalue weighted by Gasteiger charge is -2.28. The predicted molar refractivity (Wildman–Crippen MR) is 63.7 cm³/mol. The summed E-state index contributed by atoms with van der Waals surface area (Å²) >= 11 is 0. The van der Waals surface area contributed by atoms with E-state index in [1.807, 2.05) is 0 Å². The Bertz CT molecular complexity index is 376. The molecule has 0 aliphatic heterocycles. The lowest BCUT2D eigenvalue weighted by molar-refractivity contribution is 0.369. The molecular formula is C14H19FO. The van der Waals surface area contributed by atoms with Crippen molar-refractivity contribution in [3.05, 3.63) is 34.9 Å². The summed E-state index contributed by atoms with van der Waals surface area (Å²) in [5.41, 5.74) is 2.05. The van der Waals surface area contributed by atoms with Gasteiger partial charge in [0.25, 0.3) is 0 Å². The minimum absolute atomic E-state index is 0.182. The minimum atomic E-state index is -0.421. The molecule has 0 saturated carbocycles. The molecule has 1 unspecified atom stereocenters. The van der Waals surface area contributed by atoms with Crippen LogP contribution in [0.4, 0.5) is 4.39 Å². The number of hydrogen-bond acceptors (Lipinski definition) is 1. The van der Waals surface area contributed by atoms with Crippen molar-refractivity contribution in [2.24, 2.45) is 11.8 Å². The molecule has 0 bridgehead atoms. The fraction of sp³-hybridized carbons (Fsp3) is 0.571. The second-order valence-electron chi connectivity index (χ2n) is 5.03. The molecule has 0 amide bonds. The third kappa shape index (κ3) is 2.06. The van der Waals surface area contributed by atoms with Crippen LogP contribution in [0, 0.1) is 11.8 Å². The molecule has 1 N–H and O–H groups in total. The van der Waals surface area contributed by atoms with E-state index in [9.17, 15) is 9.50 Å². The Morgan fingerprint density at radius 3 is 2.69 bits per heavy atom. The van der Waals surface area contributed by atoms with E-state index in [-0.39, 0.29) is 11.7 Å². The van der Waals surface area contributed by atoms with Crippen LogP contribution in [0.3, 0.4) is 0 Å². The van der Waals surface area contributed by atoms with Crippen LogP contribution >= 0.6 is 0 Å². The van der Waals surface area contributed by atoms with Gasteiger partial charge in [0.2, 0.25) is 0 Å². The molecule has 2 heteroatoms. The Kier molecular flexibility index (Phi) is 3.17. The van der Waals surface area contributed by atoms with Crippen molar-refractivity contribution >= 4 is 0 Å². The Hall–Kier alpha value is -1.05. The second kappa shape index (κ2) is 4.44. The van der Waals surface area contributed by atoms with E-state index in [0.717, 1.165) is 25.2 Å². The van der Waals surface area contributed by atoms with Gasteiger partial charge in [0.15, 0.2) is 5.83 Å². The molecule has 2 aliphatic carbocycles. The molecule has 0 radical (unpaired) electrons. The highest BCUT2D eigenvalue weighted by Crippen LogP contribution is 2.38. The molecule has 0 aromatic rings. The van der Waals surface area contributed by atoms with Gasteiger partial charge in [-0.1, -0.05) is 18.6 Å². The van der Waals surface area contributed by atoms with Gasteiger partial charge >= 0.3 is 0 Å². The molecule has 2 aliphatic rings. The maximum absolute atomic E-state index is 13.6. The highest BCUT2D eigenvalue weighted by molar-refractivity contribution is 5.35. The molecular weight excluding hydrogens is 203 g/mol. The Morgan fingerprint density at radius 2 is 2.06 bits per heavy atom. The van der Waals surface area contributed by atoms with Gasteiger partial charge in [-0.05, 0) is 50.2 Å². The molecule has 0 fully saturated rings. The van der Waals surface area contributed by atoms with E-state index in [1.54, 1.807) is 13.0 Å². The molecule has 16 heavy (non-hydrogen) atoms. The van der Waals surface area contributed by atoms with E-state index >= 15 is 0 Å². The molecule has 0 heterocycles. The van der Waals surface area contributed by atoms with E-state index in [2.05, 4.69) is 13.0 Å². The maximum atomic E-state index is 13.6. The lowest BCUT2D eigenvalue weighted by atomic mass is 9.78. The number of aliphatic hydroxyl groups excluding tert-OH is 1. The van der Waals surface area contributed by atoms with Crippen LogP contribution in [-0.4, -0.2) is 5.11 Å². The summed E-state index contributed by atoms with van der Waals surface area (Å²) in [5.74, 6) is 0.336. The fourth-order valence-electron chi connectivity index (χ4n) is 2.58. The quantitative estimate of drug-likeness (QED) is 0.650. The summed E-state index contributed by atoms with van der Waals surface area (Å²) in [5, 5.41) is 9.32. The van der Waals surface area contributed by atoms with Gasteiger partial charge in [-0.3, -0.25) is 0 Å². The van der Waals surface area contributed by atoms with Gasteiger partial charge in [0.1, 0.15) is 5.76 Å². The molecule has 1 nitrogen and oxygen atoms in total. The summed E-state index contributed by atoms with van der Waals surface area (Å²) in [7, 11) is 0. The maximum Gasteiger partial charge on any atom is 0.164 e. The van der Waals surface area contributed by atoms with Crippen molar-refractivity contribution in [3.63, 3.8) is 0 Å². The second-order valence-corrected chi connectivity index (χ2v) is 5.03. The van der Waals surface area contributed by atoms with Crippen molar-refractivity contribution in [2.45, 2.75) is 39.5 Å². The molecule has 0 aromatic heterocycles. The summed E-state index contributed by atoms with van der Waals surface area (Å²) in [6.07, 6.45) is 8.00. The summed E-state index contributed by atoms with van der Waals surface area (Å²) in [6.45, 7) is 4.05. The zero-order valence-corrected chi connectivity index (χ0v) is 9.96. The van der Waals surface area contributed by atoms with Crippen LogP contribution in [0.2, 0.25) is 0 Å². The first-order valence-corrected chi connectivity index (χ1v) is 6.04. The number of hydrogen-bond donors (Lipinski definition) is 1. The summed E-state index contributed by atoms with van der Waals surface area (Å²) in [6, 6.07) is 0. The SMILES string of the molecule is CC1=C(F)C(O)=CC[C@H]1C1=CCC(C)CC1. The fourth-order valence-corrected chi connectivity index (χ4v) is 2.58. The van der Waals surface area contributed by atoms with Gasteiger partial charge in [-0.2, -0.15) is 0 Å². The first kappa shape index (κ1) is 11.4. The largest absolute Gasteiger partial charge is 0.505 e. The molecule has 0 aromatic carbocycles. The van der Waals surface area contributed by atoms with Gasteiger partial charge in [-0.15, -0.1) is 0 Å². The van der Waals surface area contributed by atoms with Crippen LogP contribution < -0.4 is 0 Å². The van der Waals surface area contributed by atoms with E-state index in [1.165, 1.54) is 12.0 Å². The molecule has 0 saturated heterocycles. The van der Waals surface area contributed by atoms with Crippen LogP contribution in [0.15, 0.2) is 34.9 Å². The molecule has 0 spiro atoms. The van der Waals surface area contributed by atoms with Crippen LogP contribution in [0.5, 0.6) is 0 Å². The Labute approximate surface area is 96.4 Å². The predicted octanol–water partition coefficient (Wildman–Crippen LogP) is 4.44. The molecule has 88 valence electrons. The van der Waals surface area contributed by atoms with E-state index in [0.29, 0.717) is 5.57 Å². The first-order chi connectivity index (χ1) is 7.59. The van der Waals surface area contributed by atoms with Crippen LogP contribution in [-0.2, 0) is 0 Å². The Balaban J connectivity index is 2.19. The average molecular weight is 222 g/mol. The standard InChI is InChI=1S/C14H19FO/c1-9-3-5-11(6-4-9)12-7-8-13(16)14(15)10(12)2/h5,8-9,12,16H,3-4,6-7H2,1-2H3/t9?,12-/m1/s1. The smallest absolute Gasteiger partial charge is 0.164 e. The highest BCUT2D eigenvalue weighted by atomic mass is 19.1. The van der Waals surface area contributed by atoms with E-state index in [4.69, 9.17) is 0 Å². The zero-order chi connectivity index (χ0) is 11.7. The number of allylic oxidation sites excluding steroid dienone is 5. The molecule has 2 atom stereocenters. The number of aliphatic hydroxyl groups is 1. The monoisotopic (exact) mass is 222 g/mol.